The molecule has 138 valence electrons. The highest BCUT2D eigenvalue weighted by atomic mass is 32.2. The van der Waals surface area contributed by atoms with Gasteiger partial charge in [0, 0.05) is 5.69 Å². The van der Waals surface area contributed by atoms with Crippen LogP contribution in [0.3, 0.4) is 0 Å². The molecule has 7 nitrogen and oxygen atoms in total. The molecule has 0 spiro atoms. The Morgan fingerprint density at radius 1 is 1.30 bits per heavy atom. The summed E-state index contributed by atoms with van der Waals surface area (Å²) in [5.74, 6) is -0.170. The second-order valence-electron chi connectivity index (χ2n) is 5.55. The number of rotatable bonds is 7. The highest BCUT2D eigenvalue weighted by Gasteiger charge is 2.09. The van der Waals surface area contributed by atoms with Crippen LogP contribution in [0.25, 0.3) is 0 Å². The molecular formula is C18H17FN6OS. The first kappa shape index (κ1) is 18.6. The summed E-state index contributed by atoms with van der Waals surface area (Å²) in [5, 5.41) is 13.8. The van der Waals surface area contributed by atoms with Crippen LogP contribution in [0.2, 0.25) is 0 Å². The Bertz CT molecular complexity index is 944. The maximum atomic E-state index is 13.5. The van der Waals surface area contributed by atoms with Crippen molar-refractivity contribution in [1.29, 1.82) is 0 Å². The predicted octanol–water partition coefficient (Wildman–Crippen LogP) is 3.43. The third kappa shape index (κ3) is 5.65. The van der Waals surface area contributed by atoms with Crippen LogP contribution in [-0.2, 0) is 4.79 Å². The molecule has 27 heavy (non-hydrogen) atoms. The fourth-order valence-corrected chi connectivity index (χ4v) is 2.66. The number of carbonyl (C=O) groups is 1. The topological polar surface area (TPSA) is 95.1 Å². The van der Waals surface area contributed by atoms with E-state index in [1.165, 1.54) is 6.07 Å². The van der Waals surface area contributed by atoms with Crippen LogP contribution in [0.15, 0.2) is 58.8 Å². The average Bonchev–Trinajstić information content (AvgIpc) is 3.12. The third-order valence-electron chi connectivity index (χ3n) is 3.44. The van der Waals surface area contributed by atoms with Crippen molar-refractivity contribution in [3.8, 4) is 0 Å². The van der Waals surface area contributed by atoms with Crippen molar-refractivity contribution in [1.82, 2.24) is 15.2 Å². The van der Waals surface area contributed by atoms with Crippen LogP contribution in [0.4, 0.5) is 16.0 Å². The molecule has 3 N–H and O–H groups in total. The number of anilines is 2. The molecule has 1 heterocycles. The summed E-state index contributed by atoms with van der Waals surface area (Å²) in [4.78, 5) is 16.1. The second kappa shape index (κ2) is 8.95. The van der Waals surface area contributed by atoms with Gasteiger partial charge in [0.2, 0.25) is 17.0 Å². The number of aromatic amines is 1. The Hall–Kier alpha value is -3.20. The number of hydrazone groups is 1. The lowest BCUT2D eigenvalue weighted by atomic mass is 10.2. The molecule has 2 aromatic carbocycles. The maximum absolute atomic E-state index is 13.5. The standard InChI is InChI=1S/C18H17FN6OS/c1-12-7-8-14(9-15(12)19)21-16(26)11-27-18-22-17(24-25-18)23-20-10-13-5-3-2-4-6-13/h2-10H,11H2,1H3,(H,21,26)(H2,22,23,24,25)/b20-10-. The molecule has 0 radical (unpaired) electrons. The van der Waals surface area contributed by atoms with Crippen LogP contribution in [-0.4, -0.2) is 33.1 Å². The van der Waals surface area contributed by atoms with E-state index >= 15 is 0 Å². The van der Waals surface area contributed by atoms with Crippen LogP contribution in [0, 0.1) is 12.7 Å². The Morgan fingerprint density at radius 3 is 2.89 bits per heavy atom. The first-order valence-corrected chi connectivity index (χ1v) is 9.04. The van der Waals surface area contributed by atoms with E-state index in [2.05, 4.69) is 31.0 Å². The highest BCUT2D eigenvalue weighted by Crippen LogP contribution is 2.16. The van der Waals surface area contributed by atoms with Gasteiger partial charge in [0.1, 0.15) is 5.82 Å². The zero-order valence-corrected chi connectivity index (χ0v) is 15.3. The van der Waals surface area contributed by atoms with Crippen LogP contribution in [0.1, 0.15) is 11.1 Å². The van der Waals surface area contributed by atoms with Gasteiger partial charge in [-0.25, -0.2) is 14.9 Å². The lowest BCUT2D eigenvalue weighted by Gasteiger charge is -2.05. The van der Waals surface area contributed by atoms with Crippen LogP contribution in [0.5, 0.6) is 0 Å². The number of amides is 1. The summed E-state index contributed by atoms with van der Waals surface area (Å²) in [6.07, 6.45) is 1.66. The predicted molar refractivity (Wildman–Crippen MR) is 105 cm³/mol. The molecule has 0 atom stereocenters. The molecule has 0 fully saturated rings. The van der Waals surface area contributed by atoms with Gasteiger partial charge in [-0.3, -0.25) is 4.79 Å². The van der Waals surface area contributed by atoms with E-state index in [1.807, 2.05) is 30.3 Å². The number of aromatic nitrogens is 3. The fraction of sp³-hybridized carbons (Fsp3) is 0.111. The first-order valence-electron chi connectivity index (χ1n) is 8.05. The minimum absolute atomic E-state index is 0.0973. The van der Waals surface area contributed by atoms with Crippen LogP contribution >= 0.6 is 11.8 Å². The van der Waals surface area contributed by atoms with Crippen molar-refractivity contribution in [3.63, 3.8) is 0 Å². The van der Waals surface area contributed by atoms with Gasteiger partial charge in [-0.15, -0.1) is 5.10 Å². The monoisotopic (exact) mass is 384 g/mol. The summed E-state index contributed by atoms with van der Waals surface area (Å²) in [6, 6.07) is 14.2. The molecule has 0 saturated heterocycles. The van der Waals surface area contributed by atoms with Crippen molar-refractivity contribution in [2.45, 2.75) is 12.1 Å². The van der Waals surface area contributed by atoms with E-state index in [1.54, 1.807) is 25.3 Å². The van der Waals surface area contributed by atoms with E-state index in [9.17, 15) is 9.18 Å². The molecule has 1 aromatic heterocycles. The van der Waals surface area contributed by atoms with Gasteiger partial charge in [0.25, 0.3) is 0 Å². The Morgan fingerprint density at radius 2 is 2.11 bits per heavy atom. The molecular weight excluding hydrogens is 367 g/mol. The number of benzene rings is 2. The maximum Gasteiger partial charge on any atom is 0.240 e. The van der Waals surface area contributed by atoms with E-state index in [-0.39, 0.29) is 17.5 Å². The molecule has 0 saturated carbocycles. The molecule has 0 bridgehead atoms. The molecule has 0 aliphatic heterocycles. The number of hydrogen-bond donors (Lipinski definition) is 3. The number of hydrogen-bond acceptors (Lipinski definition) is 6. The van der Waals surface area contributed by atoms with Gasteiger partial charge in [0.05, 0.1) is 12.0 Å². The van der Waals surface area contributed by atoms with Crippen molar-refractivity contribution >= 4 is 35.5 Å². The average molecular weight is 384 g/mol. The minimum Gasteiger partial charge on any atom is -0.325 e. The Kier molecular flexibility index (Phi) is 6.16. The zero-order valence-electron chi connectivity index (χ0n) is 14.4. The molecule has 1 amide bonds. The van der Waals surface area contributed by atoms with Crippen molar-refractivity contribution < 1.29 is 9.18 Å². The Labute approximate surface area is 159 Å². The highest BCUT2D eigenvalue weighted by molar-refractivity contribution is 7.99. The Balaban J connectivity index is 1.46. The normalized spacial score (nSPS) is 10.9. The van der Waals surface area contributed by atoms with E-state index in [0.29, 0.717) is 22.4 Å². The SMILES string of the molecule is Cc1ccc(NC(=O)CSc2n[nH]c(N/N=C\c3ccccc3)n2)cc1F. The molecule has 3 rings (SSSR count). The van der Waals surface area contributed by atoms with Crippen molar-refractivity contribution in [3.05, 3.63) is 65.5 Å². The number of nitrogens with one attached hydrogen (secondary N) is 3. The summed E-state index contributed by atoms with van der Waals surface area (Å²) in [5.41, 5.74) is 4.62. The first-order chi connectivity index (χ1) is 13.1. The van der Waals surface area contributed by atoms with E-state index < -0.39 is 0 Å². The molecule has 0 unspecified atom stereocenters. The van der Waals surface area contributed by atoms with Gasteiger partial charge in [0.15, 0.2) is 0 Å². The summed E-state index contributed by atoms with van der Waals surface area (Å²) < 4.78 is 13.5. The van der Waals surface area contributed by atoms with Crippen molar-refractivity contribution in [2.24, 2.45) is 5.10 Å². The summed E-state index contributed by atoms with van der Waals surface area (Å²) >= 11 is 1.15. The lowest BCUT2D eigenvalue weighted by molar-refractivity contribution is -0.113. The van der Waals surface area contributed by atoms with Gasteiger partial charge in [-0.2, -0.15) is 10.1 Å². The van der Waals surface area contributed by atoms with Crippen molar-refractivity contribution in [2.75, 3.05) is 16.5 Å². The van der Waals surface area contributed by atoms with Crippen LogP contribution < -0.4 is 10.7 Å². The van der Waals surface area contributed by atoms with Gasteiger partial charge in [-0.1, -0.05) is 48.2 Å². The molecule has 3 aromatic rings. The molecule has 9 heteroatoms. The van der Waals surface area contributed by atoms with Gasteiger partial charge in [-0.05, 0) is 30.2 Å². The number of H-pyrrole nitrogens is 1. The lowest BCUT2D eigenvalue weighted by Crippen LogP contribution is -2.14. The van der Waals surface area contributed by atoms with Gasteiger partial charge >= 0.3 is 0 Å². The molecule has 0 aliphatic carbocycles. The smallest absolute Gasteiger partial charge is 0.240 e. The zero-order chi connectivity index (χ0) is 19.1. The number of nitrogens with zero attached hydrogens (tertiary/aromatic N) is 3. The van der Waals surface area contributed by atoms with E-state index in [4.69, 9.17) is 0 Å². The molecule has 0 aliphatic rings. The third-order valence-corrected chi connectivity index (χ3v) is 4.28. The number of halogens is 1. The van der Waals surface area contributed by atoms with Gasteiger partial charge < -0.3 is 5.32 Å². The largest absolute Gasteiger partial charge is 0.325 e. The fourth-order valence-electron chi connectivity index (χ4n) is 2.07. The summed E-state index contributed by atoms with van der Waals surface area (Å²) in [6.45, 7) is 1.66. The number of thioether (sulfide) groups is 1. The second-order valence-corrected chi connectivity index (χ2v) is 6.49. The number of carbonyl (C=O) groups excluding carboxylic acids is 1. The van der Waals surface area contributed by atoms with E-state index in [0.717, 1.165) is 17.3 Å². The summed E-state index contributed by atoms with van der Waals surface area (Å²) in [7, 11) is 0. The quantitative estimate of drug-likeness (QED) is 0.330. The minimum atomic E-state index is -0.360. The number of aryl methyl sites for hydroxylation is 1.